The highest BCUT2D eigenvalue weighted by molar-refractivity contribution is 8.00. The summed E-state index contributed by atoms with van der Waals surface area (Å²) < 4.78 is 5.64. The van der Waals surface area contributed by atoms with Gasteiger partial charge in [-0.15, -0.1) is 0 Å². The molecule has 2 rings (SSSR count). The number of aliphatic hydroxyl groups excluding tert-OH is 2. The summed E-state index contributed by atoms with van der Waals surface area (Å²) in [5, 5.41) is 26.4. The molecule has 3 amide bonds. The standard InChI is InChI=1S/C17H31N3O4S.C5H12O/c1-17(2,7-9-21)24-10-8-18-14(22)6-4-3-5-13-15-12(11-25-13)19-16(23)20-15;1-5(2)3-4-6/h12-13,15,21H,3-11H2,1-2H3,(H,18,22)(H2,19,20,23);5-6H,3-4H2,1-2H3/t12-,13-,15-;/m0./s1. The van der Waals surface area contributed by atoms with Crippen LogP contribution < -0.4 is 16.0 Å². The van der Waals surface area contributed by atoms with Crippen molar-refractivity contribution in [1.29, 1.82) is 0 Å². The molecule has 0 aliphatic carbocycles. The number of ether oxygens (including phenoxy) is 1. The molecule has 182 valence electrons. The summed E-state index contributed by atoms with van der Waals surface area (Å²) in [7, 11) is 0. The fourth-order valence-electron chi connectivity index (χ4n) is 3.48. The SMILES string of the molecule is CC(C)(CCO)OCCNC(=O)CCCC[C@@H]1SC[C@@H]2NC(=O)N[C@@H]21.CC(C)CCO. The molecule has 5 N–H and O–H groups in total. The van der Waals surface area contributed by atoms with Crippen molar-refractivity contribution < 1.29 is 24.5 Å². The van der Waals surface area contributed by atoms with Crippen LogP contribution in [0.25, 0.3) is 0 Å². The van der Waals surface area contributed by atoms with Crippen LogP contribution in [0.4, 0.5) is 4.79 Å². The minimum Gasteiger partial charge on any atom is -0.396 e. The quantitative estimate of drug-likeness (QED) is 0.211. The Morgan fingerprint density at radius 3 is 2.61 bits per heavy atom. The Kier molecular flexibility index (Phi) is 13.5. The van der Waals surface area contributed by atoms with E-state index in [1.807, 2.05) is 25.6 Å². The first-order valence-electron chi connectivity index (χ1n) is 11.5. The van der Waals surface area contributed by atoms with E-state index in [2.05, 4.69) is 29.8 Å². The van der Waals surface area contributed by atoms with Gasteiger partial charge in [-0.25, -0.2) is 4.79 Å². The topological polar surface area (TPSA) is 120 Å². The van der Waals surface area contributed by atoms with Crippen LogP contribution in [0.1, 0.15) is 66.2 Å². The van der Waals surface area contributed by atoms with Crippen LogP contribution in [0.2, 0.25) is 0 Å². The van der Waals surface area contributed by atoms with E-state index in [1.54, 1.807) is 0 Å². The smallest absolute Gasteiger partial charge is 0.315 e. The van der Waals surface area contributed by atoms with Gasteiger partial charge in [0.2, 0.25) is 5.91 Å². The number of fused-ring (bicyclic) bond motifs is 1. The number of hydrogen-bond donors (Lipinski definition) is 5. The molecule has 0 radical (unpaired) electrons. The third-order valence-electron chi connectivity index (χ3n) is 5.42. The number of thioether (sulfide) groups is 1. The highest BCUT2D eigenvalue weighted by Crippen LogP contribution is 2.33. The van der Waals surface area contributed by atoms with E-state index in [0.717, 1.165) is 31.4 Å². The van der Waals surface area contributed by atoms with Crippen molar-refractivity contribution >= 4 is 23.7 Å². The lowest BCUT2D eigenvalue weighted by atomic mass is 10.0. The van der Waals surface area contributed by atoms with Crippen LogP contribution in [0.5, 0.6) is 0 Å². The van der Waals surface area contributed by atoms with Crippen molar-refractivity contribution in [2.45, 2.75) is 89.2 Å². The molecule has 0 unspecified atom stereocenters. The van der Waals surface area contributed by atoms with E-state index in [9.17, 15) is 9.59 Å². The van der Waals surface area contributed by atoms with Gasteiger partial charge >= 0.3 is 6.03 Å². The largest absolute Gasteiger partial charge is 0.396 e. The Hall–Kier alpha value is -1.03. The van der Waals surface area contributed by atoms with Gasteiger partial charge in [0.15, 0.2) is 0 Å². The monoisotopic (exact) mass is 461 g/mol. The number of hydrogen-bond acceptors (Lipinski definition) is 6. The summed E-state index contributed by atoms with van der Waals surface area (Å²) in [6.45, 7) is 9.42. The number of carbonyl (C=O) groups excluding carboxylic acids is 2. The Morgan fingerprint density at radius 2 is 2.00 bits per heavy atom. The lowest BCUT2D eigenvalue weighted by Crippen LogP contribution is -2.36. The second-order valence-corrected chi connectivity index (χ2v) is 10.5. The van der Waals surface area contributed by atoms with E-state index >= 15 is 0 Å². The van der Waals surface area contributed by atoms with E-state index in [-0.39, 0.29) is 36.2 Å². The molecule has 2 fully saturated rings. The van der Waals surface area contributed by atoms with E-state index in [4.69, 9.17) is 14.9 Å². The maximum atomic E-state index is 11.8. The molecule has 0 saturated carbocycles. The van der Waals surface area contributed by atoms with Crippen LogP contribution in [-0.2, 0) is 9.53 Å². The zero-order chi connectivity index (χ0) is 23.3. The Bertz CT molecular complexity index is 533. The number of carbonyl (C=O) groups is 2. The molecule has 31 heavy (non-hydrogen) atoms. The van der Waals surface area contributed by atoms with Crippen LogP contribution in [0.15, 0.2) is 0 Å². The molecule has 8 nitrogen and oxygen atoms in total. The highest BCUT2D eigenvalue weighted by Gasteiger charge is 2.42. The molecule has 0 spiro atoms. The van der Waals surface area contributed by atoms with Crippen molar-refractivity contribution in [1.82, 2.24) is 16.0 Å². The zero-order valence-corrected chi connectivity index (χ0v) is 20.4. The number of urea groups is 1. The summed E-state index contributed by atoms with van der Waals surface area (Å²) in [4.78, 5) is 23.2. The Morgan fingerprint density at radius 1 is 1.26 bits per heavy atom. The predicted octanol–water partition coefficient (Wildman–Crippen LogP) is 2.03. The first kappa shape index (κ1) is 28.0. The molecule has 2 heterocycles. The lowest BCUT2D eigenvalue weighted by Gasteiger charge is -2.24. The van der Waals surface area contributed by atoms with Crippen LogP contribution >= 0.6 is 11.8 Å². The van der Waals surface area contributed by atoms with Gasteiger partial charge in [0.25, 0.3) is 0 Å². The minimum absolute atomic E-state index is 0.0518. The van der Waals surface area contributed by atoms with E-state index < -0.39 is 0 Å². The maximum absolute atomic E-state index is 11.8. The maximum Gasteiger partial charge on any atom is 0.315 e. The van der Waals surface area contributed by atoms with Crippen molar-refractivity contribution in [2.24, 2.45) is 5.92 Å². The minimum atomic E-state index is -0.360. The normalized spacial score (nSPS) is 22.4. The Balaban J connectivity index is 0.000000703. The third kappa shape index (κ3) is 12.0. The Labute approximate surface area is 191 Å². The molecule has 2 aliphatic heterocycles. The first-order valence-corrected chi connectivity index (χ1v) is 12.5. The first-order chi connectivity index (χ1) is 14.7. The van der Waals surface area contributed by atoms with Crippen LogP contribution in [0, 0.1) is 5.92 Å². The van der Waals surface area contributed by atoms with Gasteiger partial charge in [-0.3, -0.25) is 4.79 Å². The van der Waals surface area contributed by atoms with Crippen LogP contribution in [0.3, 0.4) is 0 Å². The number of nitrogens with one attached hydrogen (secondary N) is 3. The average molecular weight is 462 g/mol. The van der Waals surface area contributed by atoms with Gasteiger partial charge in [-0.1, -0.05) is 20.3 Å². The fourth-order valence-corrected chi connectivity index (χ4v) is 5.02. The van der Waals surface area contributed by atoms with Gasteiger partial charge in [0.1, 0.15) is 0 Å². The number of unbranched alkanes of at least 4 members (excludes halogenated alkanes) is 1. The summed E-state index contributed by atoms with van der Waals surface area (Å²) >= 11 is 1.91. The highest BCUT2D eigenvalue weighted by atomic mass is 32.2. The average Bonchev–Trinajstić information content (AvgIpc) is 3.22. The van der Waals surface area contributed by atoms with Gasteiger partial charge in [0, 0.05) is 37.2 Å². The fraction of sp³-hybridized carbons (Fsp3) is 0.909. The van der Waals surface area contributed by atoms with E-state index in [0.29, 0.717) is 43.8 Å². The summed E-state index contributed by atoms with van der Waals surface area (Å²) in [6.07, 6.45) is 4.91. The number of rotatable bonds is 13. The van der Waals surface area contributed by atoms with Crippen molar-refractivity contribution in [3.63, 3.8) is 0 Å². The van der Waals surface area contributed by atoms with Gasteiger partial charge < -0.3 is 30.9 Å². The molecule has 0 aromatic heterocycles. The second kappa shape index (κ2) is 14.9. The number of aliphatic hydroxyl groups is 2. The van der Waals surface area contributed by atoms with Crippen molar-refractivity contribution in [3.05, 3.63) is 0 Å². The number of amides is 3. The summed E-state index contributed by atoms with van der Waals surface area (Å²) in [5.41, 5.74) is -0.360. The lowest BCUT2D eigenvalue weighted by molar-refractivity contribution is -0.121. The van der Waals surface area contributed by atoms with E-state index in [1.165, 1.54) is 0 Å². The molecule has 2 saturated heterocycles. The molecule has 0 bridgehead atoms. The van der Waals surface area contributed by atoms with Gasteiger partial charge in [-0.2, -0.15) is 11.8 Å². The van der Waals surface area contributed by atoms with Crippen molar-refractivity contribution in [2.75, 3.05) is 32.1 Å². The molecule has 9 heteroatoms. The van der Waals surface area contributed by atoms with Gasteiger partial charge in [0.05, 0.1) is 24.3 Å². The summed E-state index contributed by atoms with van der Waals surface area (Å²) in [5.74, 6) is 1.67. The van der Waals surface area contributed by atoms with Crippen LogP contribution in [-0.4, -0.2) is 77.2 Å². The summed E-state index contributed by atoms with van der Waals surface area (Å²) in [6, 6.07) is 0.454. The molecular formula is C22H43N3O5S. The molecule has 0 aromatic carbocycles. The third-order valence-corrected chi connectivity index (χ3v) is 6.93. The zero-order valence-electron chi connectivity index (χ0n) is 19.6. The molecule has 0 aromatic rings. The van der Waals surface area contributed by atoms with Gasteiger partial charge in [-0.05, 0) is 45.4 Å². The second-order valence-electron chi connectivity index (χ2n) is 9.21. The predicted molar refractivity (Wildman–Crippen MR) is 125 cm³/mol. The molecule has 3 atom stereocenters. The molecular weight excluding hydrogens is 418 g/mol. The molecule has 2 aliphatic rings. The van der Waals surface area contributed by atoms with Crippen molar-refractivity contribution in [3.8, 4) is 0 Å².